The fraction of sp³-hybridized carbons (Fsp3) is 0.882. The Bertz CT molecular complexity index is 439. The molecular weight excluding hydrogens is 290 g/mol. The zero-order valence-electron chi connectivity index (χ0n) is 15.3. The second kappa shape index (κ2) is 7.51. The molecule has 0 bridgehead atoms. The first-order chi connectivity index (χ1) is 10.8. The van der Waals surface area contributed by atoms with Crippen LogP contribution in [0, 0.1) is 5.41 Å². The van der Waals surface area contributed by atoms with Gasteiger partial charge in [0.15, 0.2) is 5.96 Å². The van der Waals surface area contributed by atoms with Gasteiger partial charge in [0, 0.05) is 50.2 Å². The molecule has 1 heterocycles. The fourth-order valence-corrected chi connectivity index (χ4v) is 3.09. The van der Waals surface area contributed by atoms with Crippen LogP contribution >= 0.6 is 0 Å². The highest BCUT2D eigenvalue weighted by Crippen LogP contribution is 2.33. The average Bonchev–Trinajstić information content (AvgIpc) is 3.25. The van der Waals surface area contributed by atoms with Crippen LogP contribution in [0.4, 0.5) is 0 Å². The number of nitrogens with zero attached hydrogens (tertiary/aromatic N) is 2. The van der Waals surface area contributed by atoms with Gasteiger partial charge in [-0.25, -0.2) is 0 Å². The molecule has 0 aromatic carbocycles. The lowest BCUT2D eigenvalue weighted by Gasteiger charge is -2.20. The van der Waals surface area contributed by atoms with Gasteiger partial charge < -0.3 is 16.0 Å². The van der Waals surface area contributed by atoms with E-state index in [-0.39, 0.29) is 11.3 Å². The van der Waals surface area contributed by atoms with Gasteiger partial charge in [0.2, 0.25) is 5.91 Å². The summed E-state index contributed by atoms with van der Waals surface area (Å²) >= 11 is 0. The predicted molar refractivity (Wildman–Crippen MR) is 94.6 cm³/mol. The first-order valence-electron chi connectivity index (χ1n) is 8.82. The van der Waals surface area contributed by atoms with Gasteiger partial charge in [0.25, 0.3) is 0 Å². The third-order valence-electron chi connectivity index (χ3n) is 4.59. The van der Waals surface area contributed by atoms with Crippen molar-refractivity contribution in [3.63, 3.8) is 0 Å². The molecule has 2 fully saturated rings. The molecule has 2 aliphatic rings. The summed E-state index contributed by atoms with van der Waals surface area (Å²) in [4.78, 5) is 18.7. The molecule has 1 saturated carbocycles. The summed E-state index contributed by atoms with van der Waals surface area (Å²) in [6.45, 7) is 10.5. The number of carbonyl (C=O) groups excluding carboxylic acids is 1. The maximum Gasteiger partial charge on any atom is 0.225 e. The van der Waals surface area contributed by atoms with E-state index in [0.29, 0.717) is 25.2 Å². The first-order valence-corrected chi connectivity index (χ1v) is 8.82. The molecule has 2 atom stereocenters. The van der Waals surface area contributed by atoms with Gasteiger partial charge in [-0.3, -0.25) is 14.7 Å². The van der Waals surface area contributed by atoms with Gasteiger partial charge >= 0.3 is 0 Å². The number of nitrogens with one attached hydrogen (secondary N) is 3. The molecule has 0 aromatic heterocycles. The Morgan fingerprint density at radius 1 is 1.22 bits per heavy atom. The first kappa shape index (κ1) is 18.0. The van der Waals surface area contributed by atoms with Crippen LogP contribution in [0.15, 0.2) is 4.99 Å². The van der Waals surface area contributed by atoms with E-state index in [9.17, 15) is 4.79 Å². The van der Waals surface area contributed by atoms with Crippen molar-refractivity contribution >= 4 is 11.9 Å². The summed E-state index contributed by atoms with van der Waals surface area (Å²) < 4.78 is 0. The largest absolute Gasteiger partial charge is 0.355 e. The highest BCUT2D eigenvalue weighted by Gasteiger charge is 2.38. The zero-order chi connectivity index (χ0) is 17.0. The molecule has 6 heteroatoms. The van der Waals surface area contributed by atoms with Gasteiger partial charge in [-0.2, -0.15) is 0 Å². The van der Waals surface area contributed by atoms with Crippen molar-refractivity contribution in [1.82, 2.24) is 20.9 Å². The van der Waals surface area contributed by atoms with Crippen LogP contribution in [0.1, 0.15) is 47.0 Å². The van der Waals surface area contributed by atoms with Crippen LogP contribution in [0.3, 0.4) is 0 Å². The van der Waals surface area contributed by atoms with Gasteiger partial charge in [-0.05, 0) is 26.2 Å². The summed E-state index contributed by atoms with van der Waals surface area (Å²) in [7, 11) is 1.79. The monoisotopic (exact) mass is 323 g/mol. The molecule has 23 heavy (non-hydrogen) atoms. The number of rotatable bonds is 5. The minimum absolute atomic E-state index is 0.0759. The number of hydrogen-bond acceptors (Lipinski definition) is 3. The van der Waals surface area contributed by atoms with Gasteiger partial charge in [-0.1, -0.05) is 20.8 Å². The molecule has 0 spiro atoms. The molecule has 0 aromatic rings. The molecule has 1 aliphatic carbocycles. The molecule has 132 valence electrons. The SMILES string of the molecule is CN=C(NCCNC(=O)C(C)(C)C)NC1CC(C)N(C2CC2)C1. The lowest BCUT2D eigenvalue weighted by molar-refractivity contribution is -0.128. The Morgan fingerprint density at radius 2 is 1.87 bits per heavy atom. The summed E-state index contributed by atoms with van der Waals surface area (Å²) in [6, 6.07) is 1.93. The number of hydrogen-bond donors (Lipinski definition) is 3. The zero-order valence-corrected chi connectivity index (χ0v) is 15.3. The summed E-state index contributed by atoms with van der Waals surface area (Å²) in [5, 5.41) is 9.74. The highest BCUT2D eigenvalue weighted by molar-refractivity contribution is 5.82. The molecule has 1 aliphatic heterocycles. The normalized spacial score (nSPS) is 26.2. The van der Waals surface area contributed by atoms with E-state index in [1.54, 1.807) is 7.05 Å². The highest BCUT2D eigenvalue weighted by atomic mass is 16.2. The quantitative estimate of drug-likeness (QED) is 0.400. The van der Waals surface area contributed by atoms with Crippen LogP contribution in [0.25, 0.3) is 0 Å². The molecule has 3 N–H and O–H groups in total. The van der Waals surface area contributed by atoms with E-state index in [0.717, 1.165) is 25.0 Å². The van der Waals surface area contributed by atoms with Crippen molar-refractivity contribution in [2.75, 3.05) is 26.7 Å². The topological polar surface area (TPSA) is 68.8 Å². The van der Waals surface area contributed by atoms with Crippen molar-refractivity contribution in [1.29, 1.82) is 0 Å². The van der Waals surface area contributed by atoms with Crippen molar-refractivity contribution < 1.29 is 4.79 Å². The number of guanidine groups is 1. The predicted octanol–water partition coefficient (Wildman–Crippen LogP) is 0.939. The maximum absolute atomic E-state index is 11.8. The van der Waals surface area contributed by atoms with Gasteiger partial charge in [-0.15, -0.1) is 0 Å². The molecule has 0 radical (unpaired) electrons. The second-order valence-corrected chi connectivity index (χ2v) is 7.86. The Labute approximate surface area is 140 Å². The van der Waals surface area contributed by atoms with Crippen LogP contribution in [-0.2, 0) is 4.79 Å². The lowest BCUT2D eigenvalue weighted by atomic mass is 9.96. The Hall–Kier alpha value is -1.30. The molecular formula is C17H33N5O. The third kappa shape index (κ3) is 5.37. The van der Waals surface area contributed by atoms with Crippen molar-refractivity contribution in [2.24, 2.45) is 10.4 Å². The summed E-state index contributed by atoms with van der Waals surface area (Å²) in [5.41, 5.74) is -0.341. The Balaban J connectivity index is 1.67. The molecule has 6 nitrogen and oxygen atoms in total. The Morgan fingerprint density at radius 3 is 2.43 bits per heavy atom. The number of carbonyl (C=O) groups is 1. The number of likely N-dealkylation sites (tertiary alicyclic amines) is 1. The lowest BCUT2D eigenvalue weighted by Crippen LogP contribution is -2.47. The van der Waals surface area contributed by atoms with Crippen LogP contribution in [-0.4, -0.2) is 61.6 Å². The molecule has 1 saturated heterocycles. The molecule has 2 rings (SSSR count). The van der Waals surface area contributed by atoms with Crippen LogP contribution in [0.2, 0.25) is 0 Å². The van der Waals surface area contributed by atoms with Crippen molar-refractivity contribution in [3.8, 4) is 0 Å². The minimum Gasteiger partial charge on any atom is -0.355 e. The smallest absolute Gasteiger partial charge is 0.225 e. The summed E-state index contributed by atoms with van der Waals surface area (Å²) in [6.07, 6.45) is 3.88. The standard InChI is InChI=1S/C17H33N5O/c1-12-10-13(11-22(12)14-6-7-14)21-16(18-5)20-9-8-19-15(23)17(2,3)4/h12-14H,6-11H2,1-5H3,(H,19,23)(H2,18,20,21). The van der Waals surface area contributed by atoms with E-state index in [4.69, 9.17) is 0 Å². The fourth-order valence-electron chi connectivity index (χ4n) is 3.09. The molecule has 1 amide bonds. The third-order valence-corrected chi connectivity index (χ3v) is 4.59. The second-order valence-electron chi connectivity index (χ2n) is 7.86. The Kier molecular flexibility index (Phi) is 5.89. The summed E-state index contributed by atoms with van der Waals surface area (Å²) in [5.74, 6) is 0.900. The van der Waals surface area contributed by atoms with E-state index >= 15 is 0 Å². The molecule has 2 unspecified atom stereocenters. The van der Waals surface area contributed by atoms with E-state index in [1.807, 2.05) is 20.8 Å². The van der Waals surface area contributed by atoms with Gasteiger partial charge in [0.05, 0.1) is 0 Å². The van der Waals surface area contributed by atoms with E-state index in [1.165, 1.54) is 12.8 Å². The van der Waals surface area contributed by atoms with Crippen molar-refractivity contribution in [2.45, 2.75) is 65.1 Å². The van der Waals surface area contributed by atoms with Gasteiger partial charge in [0.1, 0.15) is 0 Å². The maximum atomic E-state index is 11.8. The van der Waals surface area contributed by atoms with Crippen LogP contribution in [0.5, 0.6) is 0 Å². The van der Waals surface area contributed by atoms with E-state index in [2.05, 4.69) is 32.8 Å². The minimum atomic E-state index is -0.341. The van der Waals surface area contributed by atoms with E-state index < -0.39 is 0 Å². The van der Waals surface area contributed by atoms with Crippen LogP contribution < -0.4 is 16.0 Å². The number of aliphatic imine (C=N–C) groups is 1. The average molecular weight is 323 g/mol. The number of amides is 1. The van der Waals surface area contributed by atoms with Crippen molar-refractivity contribution in [3.05, 3.63) is 0 Å².